The van der Waals surface area contributed by atoms with E-state index in [9.17, 15) is 4.79 Å². The smallest absolute Gasteiger partial charge is 0.258 e. The monoisotopic (exact) mass is 366 g/mol. The number of carbonyl (C=O) groups excluding carboxylic acids is 1. The molecular weight excluding hydrogens is 348 g/mol. The maximum Gasteiger partial charge on any atom is 0.258 e. The van der Waals surface area contributed by atoms with E-state index in [2.05, 4.69) is 20.6 Å². The number of benzene rings is 2. The fourth-order valence-electron chi connectivity index (χ4n) is 2.47. The summed E-state index contributed by atoms with van der Waals surface area (Å²) in [6.45, 7) is 2.65. The van der Waals surface area contributed by atoms with Crippen LogP contribution in [-0.2, 0) is 6.42 Å². The van der Waals surface area contributed by atoms with Gasteiger partial charge in [0.05, 0.1) is 5.56 Å². The van der Waals surface area contributed by atoms with Gasteiger partial charge in [0, 0.05) is 29.6 Å². The zero-order valence-electron chi connectivity index (χ0n) is 14.4. The number of amides is 1. The molecule has 2 N–H and O–H groups in total. The number of halogens is 1. The molecule has 1 amide bonds. The first kappa shape index (κ1) is 17.9. The molecular formula is C20H19ClN4O. The number of anilines is 2. The van der Waals surface area contributed by atoms with Crippen LogP contribution in [0.5, 0.6) is 0 Å². The molecule has 0 radical (unpaired) electrons. The lowest BCUT2D eigenvalue weighted by Gasteiger charge is -2.07. The summed E-state index contributed by atoms with van der Waals surface area (Å²) >= 11 is 5.97. The van der Waals surface area contributed by atoms with Crippen molar-refractivity contribution in [1.82, 2.24) is 9.97 Å². The minimum absolute atomic E-state index is 0.235. The van der Waals surface area contributed by atoms with Gasteiger partial charge in [-0.2, -0.15) is 0 Å². The van der Waals surface area contributed by atoms with Crippen molar-refractivity contribution in [3.05, 3.63) is 82.6 Å². The van der Waals surface area contributed by atoms with E-state index in [4.69, 9.17) is 11.6 Å². The van der Waals surface area contributed by atoms with Gasteiger partial charge in [0.15, 0.2) is 0 Å². The number of carbonyl (C=O) groups is 1. The van der Waals surface area contributed by atoms with Crippen LogP contribution in [0.1, 0.15) is 21.5 Å². The standard InChI is InChI=1S/C20H19ClN4O/c1-14-4-2-7-18(10-14)25-19(26)16-12-23-20(24-13-16)22-9-8-15-5-3-6-17(21)11-15/h2-7,10-13H,8-9H2,1H3,(H,25,26)(H,22,23,24). The number of rotatable bonds is 6. The van der Waals surface area contributed by atoms with Crippen LogP contribution in [0.15, 0.2) is 60.9 Å². The fourth-order valence-corrected chi connectivity index (χ4v) is 2.69. The quantitative estimate of drug-likeness (QED) is 0.680. The lowest BCUT2D eigenvalue weighted by molar-refractivity contribution is 0.102. The summed E-state index contributed by atoms with van der Waals surface area (Å²) in [5.74, 6) is 0.250. The van der Waals surface area contributed by atoms with Crippen molar-refractivity contribution in [3.8, 4) is 0 Å². The molecule has 0 aliphatic rings. The van der Waals surface area contributed by atoms with E-state index in [-0.39, 0.29) is 5.91 Å². The van der Waals surface area contributed by atoms with Gasteiger partial charge in [-0.1, -0.05) is 35.9 Å². The molecule has 2 aromatic carbocycles. The predicted molar refractivity (Wildman–Crippen MR) is 105 cm³/mol. The molecule has 0 fully saturated rings. The third-order valence-corrected chi connectivity index (χ3v) is 4.01. The molecule has 3 aromatic rings. The largest absolute Gasteiger partial charge is 0.354 e. The summed E-state index contributed by atoms with van der Waals surface area (Å²) in [6, 6.07) is 15.4. The molecule has 0 unspecified atom stereocenters. The summed E-state index contributed by atoms with van der Waals surface area (Å²) in [5, 5.41) is 6.70. The SMILES string of the molecule is Cc1cccc(NC(=O)c2cnc(NCCc3cccc(Cl)c3)nc2)c1. The van der Waals surface area contributed by atoms with Crippen LogP contribution >= 0.6 is 11.6 Å². The van der Waals surface area contributed by atoms with E-state index < -0.39 is 0 Å². The minimum Gasteiger partial charge on any atom is -0.354 e. The van der Waals surface area contributed by atoms with Crippen molar-refractivity contribution >= 4 is 29.1 Å². The molecule has 1 aromatic heterocycles. The third-order valence-electron chi connectivity index (χ3n) is 3.78. The van der Waals surface area contributed by atoms with Crippen LogP contribution in [0.4, 0.5) is 11.6 Å². The lowest BCUT2D eigenvalue weighted by atomic mass is 10.1. The highest BCUT2D eigenvalue weighted by molar-refractivity contribution is 6.30. The van der Waals surface area contributed by atoms with Crippen LogP contribution in [0.25, 0.3) is 0 Å². The number of nitrogens with zero attached hydrogens (tertiary/aromatic N) is 2. The molecule has 0 bridgehead atoms. The number of hydrogen-bond donors (Lipinski definition) is 2. The Labute approximate surface area is 157 Å². The molecule has 0 atom stereocenters. The highest BCUT2D eigenvalue weighted by Crippen LogP contribution is 2.12. The van der Waals surface area contributed by atoms with Gasteiger partial charge in [-0.15, -0.1) is 0 Å². The van der Waals surface area contributed by atoms with Crippen molar-refractivity contribution < 1.29 is 4.79 Å². The van der Waals surface area contributed by atoms with E-state index in [0.29, 0.717) is 18.1 Å². The second-order valence-corrected chi connectivity index (χ2v) is 6.36. The van der Waals surface area contributed by atoms with Crippen molar-refractivity contribution in [1.29, 1.82) is 0 Å². The van der Waals surface area contributed by atoms with Gasteiger partial charge in [0.25, 0.3) is 5.91 Å². The molecule has 1 heterocycles. The summed E-state index contributed by atoms with van der Waals surface area (Å²) in [5.41, 5.74) is 3.38. The normalized spacial score (nSPS) is 10.4. The van der Waals surface area contributed by atoms with Gasteiger partial charge in [0.1, 0.15) is 0 Å². The molecule has 132 valence electrons. The van der Waals surface area contributed by atoms with Crippen molar-refractivity contribution in [2.75, 3.05) is 17.2 Å². The van der Waals surface area contributed by atoms with E-state index in [1.54, 1.807) is 0 Å². The Bertz CT molecular complexity index is 896. The van der Waals surface area contributed by atoms with Gasteiger partial charge in [-0.3, -0.25) is 4.79 Å². The van der Waals surface area contributed by atoms with E-state index in [1.807, 2.05) is 55.5 Å². The number of nitrogens with one attached hydrogen (secondary N) is 2. The Kier molecular flexibility index (Phi) is 5.81. The summed E-state index contributed by atoms with van der Waals surface area (Å²) in [4.78, 5) is 20.6. The number of aryl methyl sites for hydroxylation is 1. The Balaban J connectivity index is 1.53. The highest BCUT2D eigenvalue weighted by Gasteiger charge is 2.08. The Morgan fingerprint density at radius 2 is 1.85 bits per heavy atom. The van der Waals surface area contributed by atoms with E-state index in [1.165, 1.54) is 12.4 Å². The molecule has 3 rings (SSSR count). The van der Waals surface area contributed by atoms with Gasteiger partial charge < -0.3 is 10.6 Å². The highest BCUT2D eigenvalue weighted by atomic mass is 35.5. The average molecular weight is 367 g/mol. The lowest BCUT2D eigenvalue weighted by Crippen LogP contribution is -2.14. The zero-order chi connectivity index (χ0) is 18.4. The molecule has 0 saturated carbocycles. The van der Waals surface area contributed by atoms with Gasteiger partial charge in [0.2, 0.25) is 5.95 Å². The van der Waals surface area contributed by atoms with Crippen molar-refractivity contribution in [3.63, 3.8) is 0 Å². The molecule has 5 nitrogen and oxygen atoms in total. The van der Waals surface area contributed by atoms with Gasteiger partial charge >= 0.3 is 0 Å². The molecule has 0 saturated heterocycles. The Morgan fingerprint density at radius 1 is 1.08 bits per heavy atom. The van der Waals surface area contributed by atoms with Gasteiger partial charge in [-0.05, 0) is 48.7 Å². The van der Waals surface area contributed by atoms with Gasteiger partial charge in [-0.25, -0.2) is 9.97 Å². The average Bonchev–Trinajstić information content (AvgIpc) is 2.62. The first-order valence-electron chi connectivity index (χ1n) is 8.28. The van der Waals surface area contributed by atoms with Crippen LogP contribution in [0.2, 0.25) is 5.02 Å². The summed E-state index contributed by atoms with van der Waals surface area (Å²) in [6.07, 6.45) is 3.83. The zero-order valence-corrected chi connectivity index (χ0v) is 15.1. The fraction of sp³-hybridized carbons (Fsp3) is 0.150. The van der Waals surface area contributed by atoms with Crippen LogP contribution in [0.3, 0.4) is 0 Å². The maximum absolute atomic E-state index is 12.2. The topological polar surface area (TPSA) is 66.9 Å². The molecule has 0 spiro atoms. The van der Waals surface area contributed by atoms with Crippen molar-refractivity contribution in [2.24, 2.45) is 0 Å². The van der Waals surface area contributed by atoms with Crippen molar-refractivity contribution in [2.45, 2.75) is 13.3 Å². The Morgan fingerprint density at radius 3 is 2.58 bits per heavy atom. The first-order chi connectivity index (χ1) is 12.6. The van der Waals surface area contributed by atoms with Crippen LogP contribution in [0, 0.1) is 6.92 Å². The third kappa shape index (κ3) is 5.04. The van der Waals surface area contributed by atoms with E-state index in [0.717, 1.165) is 28.3 Å². The van der Waals surface area contributed by atoms with Crippen LogP contribution < -0.4 is 10.6 Å². The molecule has 0 aliphatic heterocycles. The molecule has 26 heavy (non-hydrogen) atoms. The van der Waals surface area contributed by atoms with E-state index >= 15 is 0 Å². The first-order valence-corrected chi connectivity index (χ1v) is 8.66. The number of hydrogen-bond acceptors (Lipinski definition) is 4. The Hall–Kier alpha value is -2.92. The van der Waals surface area contributed by atoms with Crippen LogP contribution in [-0.4, -0.2) is 22.4 Å². The maximum atomic E-state index is 12.2. The number of aromatic nitrogens is 2. The molecule has 6 heteroatoms. The minimum atomic E-state index is -0.235. The molecule has 0 aliphatic carbocycles. The second-order valence-electron chi connectivity index (χ2n) is 5.93. The predicted octanol–water partition coefficient (Wildman–Crippen LogP) is 4.35. The summed E-state index contributed by atoms with van der Waals surface area (Å²) in [7, 11) is 0. The second kappa shape index (κ2) is 8.45. The summed E-state index contributed by atoms with van der Waals surface area (Å²) < 4.78 is 0.